The molecule has 0 radical (unpaired) electrons. The molecule has 0 aromatic heterocycles. The number of likely N-dealkylation sites (tertiary alicyclic amines) is 3. The Balaban J connectivity index is 1.16. The fourth-order valence-corrected chi connectivity index (χ4v) is 7.44. The summed E-state index contributed by atoms with van der Waals surface area (Å²) >= 11 is 0. The van der Waals surface area contributed by atoms with Crippen LogP contribution in [0.15, 0.2) is 24.3 Å². The van der Waals surface area contributed by atoms with Gasteiger partial charge in [0.1, 0.15) is 11.9 Å². The first-order valence-electron chi connectivity index (χ1n) is 13.3. The van der Waals surface area contributed by atoms with E-state index in [-0.39, 0.29) is 47.8 Å². The molecule has 0 unspecified atom stereocenters. The zero-order chi connectivity index (χ0) is 24.3. The molecule has 1 aromatic rings. The van der Waals surface area contributed by atoms with Gasteiger partial charge >= 0.3 is 0 Å². The highest BCUT2D eigenvalue weighted by atomic mass is 19.1. The van der Waals surface area contributed by atoms with Crippen LogP contribution in [0.2, 0.25) is 0 Å². The van der Waals surface area contributed by atoms with E-state index < -0.39 is 6.04 Å². The van der Waals surface area contributed by atoms with Crippen molar-refractivity contribution < 1.29 is 14.0 Å². The second-order valence-electron chi connectivity index (χ2n) is 11.3. The SMILES string of the molecule is N#C[C@@H]1C[C@@H]2C[C@@H]2N1C(=O)[C@@H](N)CN1C[C@@H]2C[C@H]1C(=O)N2[C@H](c1ccc(F)cc1)C1CCCCC1. The van der Waals surface area contributed by atoms with Gasteiger partial charge in [0.2, 0.25) is 11.8 Å². The van der Waals surface area contributed by atoms with Crippen molar-refractivity contribution in [3.63, 3.8) is 0 Å². The fourth-order valence-electron chi connectivity index (χ4n) is 7.44. The van der Waals surface area contributed by atoms with E-state index in [1.807, 2.05) is 12.1 Å². The van der Waals surface area contributed by atoms with Crippen molar-refractivity contribution in [3.05, 3.63) is 35.6 Å². The van der Waals surface area contributed by atoms with Gasteiger partial charge in [0.05, 0.1) is 24.2 Å². The molecule has 3 saturated heterocycles. The molecule has 2 saturated carbocycles. The van der Waals surface area contributed by atoms with Crippen LogP contribution in [-0.4, -0.2) is 69.8 Å². The summed E-state index contributed by atoms with van der Waals surface area (Å²) in [6.07, 6.45) is 8.23. The van der Waals surface area contributed by atoms with Crippen LogP contribution in [0.5, 0.6) is 0 Å². The Hall–Kier alpha value is -2.50. The molecule has 2 amide bonds. The number of nitriles is 1. The van der Waals surface area contributed by atoms with Gasteiger partial charge in [0, 0.05) is 25.2 Å². The van der Waals surface area contributed by atoms with E-state index in [9.17, 15) is 19.2 Å². The molecule has 2 aliphatic carbocycles. The summed E-state index contributed by atoms with van der Waals surface area (Å²) in [5.41, 5.74) is 7.39. The van der Waals surface area contributed by atoms with Gasteiger partial charge in [0.25, 0.3) is 0 Å². The topological polar surface area (TPSA) is 93.7 Å². The average Bonchev–Trinajstić information content (AvgIpc) is 3.19. The molecule has 5 fully saturated rings. The molecule has 2 N–H and O–H groups in total. The highest BCUT2D eigenvalue weighted by molar-refractivity contribution is 5.87. The van der Waals surface area contributed by atoms with Crippen molar-refractivity contribution >= 4 is 11.8 Å². The number of amides is 2. The number of hydrogen-bond acceptors (Lipinski definition) is 5. The van der Waals surface area contributed by atoms with Crippen molar-refractivity contribution in [1.29, 1.82) is 5.26 Å². The average molecular weight is 480 g/mol. The quantitative estimate of drug-likeness (QED) is 0.677. The Labute approximate surface area is 206 Å². The lowest BCUT2D eigenvalue weighted by Gasteiger charge is -2.43. The maximum Gasteiger partial charge on any atom is 0.242 e. The highest BCUT2D eigenvalue weighted by Crippen LogP contribution is 2.48. The van der Waals surface area contributed by atoms with E-state index in [4.69, 9.17) is 5.73 Å². The van der Waals surface area contributed by atoms with Gasteiger partial charge in [-0.05, 0) is 61.6 Å². The summed E-state index contributed by atoms with van der Waals surface area (Å²) in [7, 11) is 0. The van der Waals surface area contributed by atoms with Gasteiger partial charge in [-0.15, -0.1) is 0 Å². The molecule has 6 rings (SSSR count). The number of carbonyl (C=O) groups excluding carboxylic acids is 2. The number of piperazine rings is 1. The second-order valence-corrected chi connectivity index (χ2v) is 11.3. The number of carbonyl (C=O) groups is 2. The summed E-state index contributed by atoms with van der Waals surface area (Å²) in [5, 5.41) is 9.44. The zero-order valence-corrected chi connectivity index (χ0v) is 20.1. The molecule has 1 aromatic carbocycles. The molecule has 2 bridgehead atoms. The summed E-state index contributed by atoms with van der Waals surface area (Å²) in [6, 6.07) is 7.82. The van der Waals surface area contributed by atoms with Gasteiger partial charge in [-0.25, -0.2) is 4.39 Å². The van der Waals surface area contributed by atoms with Gasteiger partial charge in [0.15, 0.2) is 0 Å². The first-order valence-corrected chi connectivity index (χ1v) is 13.3. The van der Waals surface area contributed by atoms with Gasteiger partial charge in [-0.1, -0.05) is 31.4 Å². The number of benzene rings is 1. The Kier molecular flexibility index (Phi) is 5.81. The third-order valence-corrected chi connectivity index (χ3v) is 9.18. The Bertz CT molecular complexity index is 1040. The molecular weight excluding hydrogens is 445 g/mol. The van der Waals surface area contributed by atoms with E-state index in [0.29, 0.717) is 24.9 Å². The van der Waals surface area contributed by atoms with Crippen LogP contribution in [0.1, 0.15) is 63.0 Å². The molecule has 3 aliphatic heterocycles. The van der Waals surface area contributed by atoms with E-state index in [1.54, 1.807) is 4.90 Å². The monoisotopic (exact) mass is 479 g/mol. The van der Waals surface area contributed by atoms with Gasteiger partial charge < -0.3 is 15.5 Å². The van der Waals surface area contributed by atoms with Crippen LogP contribution in [0, 0.1) is 29.0 Å². The molecule has 5 aliphatic rings. The van der Waals surface area contributed by atoms with Crippen molar-refractivity contribution in [2.45, 2.75) is 87.6 Å². The predicted octanol–water partition coefficient (Wildman–Crippen LogP) is 2.57. The zero-order valence-electron chi connectivity index (χ0n) is 20.1. The maximum absolute atomic E-state index is 13.7. The number of rotatable bonds is 6. The smallest absolute Gasteiger partial charge is 0.242 e. The normalized spacial score (nSPS) is 34.1. The molecule has 3 heterocycles. The fraction of sp³-hybridized carbons (Fsp3) is 0.667. The molecular formula is C27H34FN5O2. The summed E-state index contributed by atoms with van der Waals surface area (Å²) < 4.78 is 13.7. The number of piperidine rings is 1. The lowest BCUT2D eigenvalue weighted by atomic mass is 9.80. The number of hydrogen-bond donors (Lipinski definition) is 1. The van der Waals surface area contributed by atoms with Crippen LogP contribution in [0.25, 0.3) is 0 Å². The van der Waals surface area contributed by atoms with Crippen molar-refractivity contribution in [3.8, 4) is 6.07 Å². The van der Waals surface area contributed by atoms with Crippen LogP contribution in [0.4, 0.5) is 4.39 Å². The highest BCUT2D eigenvalue weighted by Gasteiger charge is 2.56. The third kappa shape index (κ3) is 3.93. The van der Waals surface area contributed by atoms with Crippen LogP contribution < -0.4 is 5.73 Å². The van der Waals surface area contributed by atoms with Crippen LogP contribution in [-0.2, 0) is 9.59 Å². The first kappa shape index (κ1) is 22.9. The van der Waals surface area contributed by atoms with E-state index in [0.717, 1.165) is 37.7 Å². The molecule has 7 atom stereocenters. The number of halogens is 1. The number of nitrogens with two attached hydrogens (primary N) is 1. The van der Waals surface area contributed by atoms with E-state index >= 15 is 0 Å². The Morgan fingerprint density at radius 1 is 1.14 bits per heavy atom. The van der Waals surface area contributed by atoms with Crippen LogP contribution >= 0.6 is 0 Å². The van der Waals surface area contributed by atoms with Crippen molar-refractivity contribution in [2.24, 2.45) is 17.6 Å². The molecule has 8 heteroatoms. The number of nitrogens with zero attached hydrogens (tertiary/aromatic N) is 4. The van der Waals surface area contributed by atoms with Crippen LogP contribution in [0.3, 0.4) is 0 Å². The van der Waals surface area contributed by atoms with Crippen molar-refractivity contribution in [1.82, 2.24) is 14.7 Å². The van der Waals surface area contributed by atoms with Gasteiger partial charge in [-0.3, -0.25) is 14.5 Å². The Morgan fingerprint density at radius 3 is 2.57 bits per heavy atom. The lowest BCUT2D eigenvalue weighted by molar-refractivity contribution is -0.143. The summed E-state index contributed by atoms with van der Waals surface area (Å²) in [4.78, 5) is 32.7. The van der Waals surface area contributed by atoms with Gasteiger partial charge in [-0.2, -0.15) is 5.26 Å². The molecule has 7 nitrogen and oxygen atoms in total. The third-order valence-electron chi connectivity index (χ3n) is 9.18. The van der Waals surface area contributed by atoms with E-state index in [2.05, 4.69) is 15.9 Å². The first-order chi connectivity index (χ1) is 17.0. The Morgan fingerprint density at radius 2 is 1.89 bits per heavy atom. The molecule has 35 heavy (non-hydrogen) atoms. The predicted molar refractivity (Wildman–Crippen MR) is 127 cm³/mol. The van der Waals surface area contributed by atoms with E-state index in [1.165, 1.54) is 31.4 Å². The van der Waals surface area contributed by atoms with Crippen molar-refractivity contribution in [2.75, 3.05) is 13.1 Å². The standard InChI is InChI=1S/C27H34FN5O2/c28-19-8-6-17(7-9-19)25(16-4-2-1-3-5-16)33-21-12-24(27(33)35)31(14-21)15-22(30)26(34)32-20(13-29)10-18-11-23(18)32/h6-9,16,18,20-25H,1-5,10-12,14-15,30H2/t18-,20+,21+,22+,23+,24+,25+/m1/s1. The second kappa shape index (κ2) is 8.86. The minimum absolute atomic E-state index is 0.0244. The lowest BCUT2D eigenvalue weighted by Crippen LogP contribution is -2.57. The minimum Gasteiger partial charge on any atom is -0.330 e. The summed E-state index contributed by atoms with van der Waals surface area (Å²) in [5.74, 6) is 0.542. The molecule has 0 spiro atoms. The minimum atomic E-state index is -0.725. The maximum atomic E-state index is 13.7. The number of fused-ring (bicyclic) bond motifs is 3. The summed E-state index contributed by atoms with van der Waals surface area (Å²) in [6.45, 7) is 1.05. The molecule has 186 valence electrons. The largest absolute Gasteiger partial charge is 0.330 e.